The summed E-state index contributed by atoms with van der Waals surface area (Å²) in [7, 11) is 1.66. The molecule has 4 heteroatoms. The third-order valence-corrected chi connectivity index (χ3v) is 2.23. The minimum Gasteiger partial charge on any atom is -0.497 e. The number of methoxy groups -OCH3 is 1. The third kappa shape index (κ3) is 2.84. The lowest BCUT2D eigenvalue weighted by Crippen LogP contribution is -2.20. The van der Waals surface area contributed by atoms with Gasteiger partial charge in [0.2, 0.25) is 0 Å². The van der Waals surface area contributed by atoms with Crippen molar-refractivity contribution in [1.29, 1.82) is 0 Å². The van der Waals surface area contributed by atoms with E-state index in [4.69, 9.17) is 14.2 Å². The Morgan fingerprint density at radius 2 is 2.20 bits per heavy atom. The molecule has 0 atom stereocenters. The highest BCUT2D eigenvalue weighted by molar-refractivity contribution is 5.48. The van der Waals surface area contributed by atoms with E-state index in [1.807, 2.05) is 24.3 Å². The summed E-state index contributed by atoms with van der Waals surface area (Å²) in [5.74, 6) is 0.841. The molecule has 0 aliphatic carbocycles. The molecule has 1 aromatic carbocycles. The first-order valence-corrected chi connectivity index (χ1v) is 4.99. The largest absolute Gasteiger partial charge is 0.497 e. The molecule has 1 aliphatic rings. The highest BCUT2D eigenvalue weighted by Crippen LogP contribution is 2.17. The lowest BCUT2D eigenvalue weighted by Gasteiger charge is -2.11. The Bertz CT molecular complexity index is 310. The van der Waals surface area contributed by atoms with Crippen LogP contribution in [-0.2, 0) is 9.47 Å². The first-order chi connectivity index (χ1) is 7.38. The van der Waals surface area contributed by atoms with E-state index in [1.54, 1.807) is 7.11 Å². The summed E-state index contributed by atoms with van der Waals surface area (Å²) in [6.07, 6.45) is -0.129. The average molecular weight is 209 g/mol. The van der Waals surface area contributed by atoms with Crippen LogP contribution in [0.25, 0.3) is 0 Å². The van der Waals surface area contributed by atoms with E-state index >= 15 is 0 Å². The fraction of sp³-hybridized carbons (Fsp3) is 0.455. The van der Waals surface area contributed by atoms with Crippen LogP contribution in [0.4, 0.5) is 5.69 Å². The number of rotatable bonds is 4. The maximum absolute atomic E-state index is 5.32. The van der Waals surface area contributed by atoms with Gasteiger partial charge in [-0.25, -0.2) is 0 Å². The van der Waals surface area contributed by atoms with Crippen molar-refractivity contribution in [1.82, 2.24) is 0 Å². The van der Waals surface area contributed by atoms with E-state index in [9.17, 15) is 0 Å². The quantitative estimate of drug-likeness (QED) is 0.815. The second-order valence-electron chi connectivity index (χ2n) is 3.28. The van der Waals surface area contributed by atoms with Crippen LogP contribution in [0.3, 0.4) is 0 Å². The molecule has 0 radical (unpaired) electrons. The Hall–Kier alpha value is -1.26. The summed E-state index contributed by atoms with van der Waals surface area (Å²) in [6, 6.07) is 7.78. The highest BCUT2D eigenvalue weighted by Gasteiger charge is 2.14. The summed E-state index contributed by atoms with van der Waals surface area (Å²) in [5.41, 5.74) is 1.01. The highest BCUT2D eigenvalue weighted by atomic mass is 16.7. The zero-order chi connectivity index (χ0) is 10.5. The first kappa shape index (κ1) is 10.3. The van der Waals surface area contributed by atoms with Gasteiger partial charge in [0.1, 0.15) is 5.75 Å². The smallest absolute Gasteiger partial charge is 0.174 e. The molecule has 1 aliphatic heterocycles. The molecule has 1 fully saturated rings. The van der Waals surface area contributed by atoms with E-state index < -0.39 is 0 Å². The number of anilines is 1. The van der Waals surface area contributed by atoms with E-state index in [1.165, 1.54) is 0 Å². The summed E-state index contributed by atoms with van der Waals surface area (Å²) in [4.78, 5) is 0. The summed E-state index contributed by atoms with van der Waals surface area (Å²) in [6.45, 7) is 2.03. The van der Waals surface area contributed by atoms with Crippen LogP contribution in [0.15, 0.2) is 24.3 Å². The monoisotopic (exact) mass is 209 g/mol. The van der Waals surface area contributed by atoms with Crippen molar-refractivity contribution in [3.63, 3.8) is 0 Å². The maximum atomic E-state index is 5.32. The lowest BCUT2D eigenvalue weighted by atomic mass is 10.3. The van der Waals surface area contributed by atoms with Crippen LogP contribution in [0.5, 0.6) is 5.75 Å². The van der Waals surface area contributed by atoms with Gasteiger partial charge >= 0.3 is 0 Å². The molecule has 0 unspecified atom stereocenters. The zero-order valence-electron chi connectivity index (χ0n) is 8.73. The predicted molar refractivity (Wildman–Crippen MR) is 57.2 cm³/mol. The fourth-order valence-corrected chi connectivity index (χ4v) is 1.46. The Kier molecular flexibility index (Phi) is 3.42. The van der Waals surface area contributed by atoms with Crippen molar-refractivity contribution in [2.24, 2.45) is 0 Å². The van der Waals surface area contributed by atoms with Crippen molar-refractivity contribution in [3.8, 4) is 5.75 Å². The summed E-state index contributed by atoms with van der Waals surface area (Å²) < 4.78 is 15.8. The molecule has 82 valence electrons. The van der Waals surface area contributed by atoms with Crippen molar-refractivity contribution in [3.05, 3.63) is 24.3 Å². The molecular weight excluding hydrogens is 194 g/mol. The van der Waals surface area contributed by atoms with Gasteiger partial charge in [-0.15, -0.1) is 0 Å². The van der Waals surface area contributed by atoms with Crippen molar-refractivity contribution >= 4 is 5.69 Å². The van der Waals surface area contributed by atoms with Crippen molar-refractivity contribution in [2.45, 2.75) is 6.29 Å². The molecule has 1 saturated heterocycles. The molecule has 0 bridgehead atoms. The number of nitrogens with one attached hydrogen (secondary N) is 1. The predicted octanol–water partition coefficient (Wildman–Crippen LogP) is 1.48. The minimum absolute atomic E-state index is 0.129. The van der Waals surface area contributed by atoms with E-state index in [2.05, 4.69) is 5.32 Å². The van der Waals surface area contributed by atoms with E-state index in [-0.39, 0.29) is 6.29 Å². The Balaban J connectivity index is 1.86. The van der Waals surface area contributed by atoms with Crippen molar-refractivity contribution < 1.29 is 14.2 Å². The molecule has 0 spiro atoms. The molecule has 1 aromatic rings. The Labute approximate surface area is 89.1 Å². The molecule has 15 heavy (non-hydrogen) atoms. The van der Waals surface area contributed by atoms with Gasteiger partial charge in [0, 0.05) is 11.8 Å². The Morgan fingerprint density at radius 3 is 2.93 bits per heavy atom. The summed E-state index contributed by atoms with van der Waals surface area (Å²) >= 11 is 0. The molecule has 0 saturated carbocycles. The van der Waals surface area contributed by atoms with Gasteiger partial charge in [0.25, 0.3) is 0 Å². The number of ether oxygens (including phenoxy) is 3. The van der Waals surface area contributed by atoms with Crippen LogP contribution < -0.4 is 10.1 Å². The van der Waals surface area contributed by atoms with Crippen LogP contribution >= 0.6 is 0 Å². The molecular formula is C11H15NO3. The third-order valence-electron chi connectivity index (χ3n) is 2.23. The van der Waals surface area contributed by atoms with Gasteiger partial charge in [0.15, 0.2) is 6.29 Å². The Morgan fingerprint density at radius 1 is 1.40 bits per heavy atom. The number of benzene rings is 1. The van der Waals surface area contributed by atoms with Gasteiger partial charge in [-0.2, -0.15) is 0 Å². The SMILES string of the molecule is COc1cccc(NCC2OCCO2)c1. The molecule has 2 rings (SSSR count). The topological polar surface area (TPSA) is 39.7 Å². The average Bonchev–Trinajstić information content (AvgIpc) is 2.79. The van der Waals surface area contributed by atoms with Crippen LogP contribution in [0, 0.1) is 0 Å². The standard InChI is InChI=1S/C11H15NO3/c1-13-10-4-2-3-9(7-10)12-8-11-14-5-6-15-11/h2-4,7,11-12H,5-6,8H2,1H3. The summed E-state index contributed by atoms with van der Waals surface area (Å²) in [5, 5.41) is 3.23. The van der Waals surface area contributed by atoms with Gasteiger partial charge in [0.05, 0.1) is 26.9 Å². The zero-order valence-corrected chi connectivity index (χ0v) is 8.73. The molecule has 4 nitrogen and oxygen atoms in total. The molecule has 1 N–H and O–H groups in total. The van der Waals surface area contributed by atoms with Crippen LogP contribution in [0.2, 0.25) is 0 Å². The molecule has 1 heterocycles. The maximum Gasteiger partial charge on any atom is 0.174 e. The second-order valence-corrected chi connectivity index (χ2v) is 3.28. The molecule has 0 aromatic heterocycles. The van der Waals surface area contributed by atoms with Gasteiger partial charge < -0.3 is 19.5 Å². The molecule has 0 amide bonds. The van der Waals surface area contributed by atoms with Gasteiger partial charge in [-0.3, -0.25) is 0 Å². The minimum atomic E-state index is -0.129. The van der Waals surface area contributed by atoms with Crippen molar-refractivity contribution in [2.75, 3.05) is 32.2 Å². The number of hydrogen-bond donors (Lipinski definition) is 1. The van der Waals surface area contributed by atoms with E-state index in [0.717, 1.165) is 11.4 Å². The van der Waals surface area contributed by atoms with Gasteiger partial charge in [-0.1, -0.05) is 6.07 Å². The van der Waals surface area contributed by atoms with Crippen LogP contribution in [-0.4, -0.2) is 33.2 Å². The van der Waals surface area contributed by atoms with Gasteiger partial charge in [-0.05, 0) is 12.1 Å². The fourth-order valence-electron chi connectivity index (χ4n) is 1.46. The normalized spacial score (nSPS) is 16.6. The van der Waals surface area contributed by atoms with Crippen LogP contribution in [0.1, 0.15) is 0 Å². The second kappa shape index (κ2) is 5.00. The first-order valence-electron chi connectivity index (χ1n) is 4.99. The lowest BCUT2D eigenvalue weighted by molar-refractivity contribution is -0.0299. The van der Waals surface area contributed by atoms with E-state index in [0.29, 0.717) is 19.8 Å². The number of hydrogen-bond acceptors (Lipinski definition) is 4.